The Labute approximate surface area is 151 Å². The highest BCUT2D eigenvalue weighted by molar-refractivity contribution is 9.10. The third-order valence-electron chi connectivity index (χ3n) is 4.42. The maximum atomic E-state index is 12.7. The number of carbonyl (C=O) groups is 1. The number of hydrogen-bond donors (Lipinski definition) is 0. The molecule has 1 aliphatic heterocycles. The van der Waals surface area contributed by atoms with Crippen LogP contribution in [0.4, 0.5) is 5.69 Å². The summed E-state index contributed by atoms with van der Waals surface area (Å²) in [6.45, 7) is 5.16. The van der Waals surface area contributed by atoms with E-state index in [0.717, 1.165) is 17.6 Å². The second kappa shape index (κ2) is 7.26. The minimum Gasteiger partial charge on any atom is -0.496 e. The highest BCUT2D eigenvalue weighted by atomic mass is 79.9. The van der Waals surface area contributed by atoms with Crippen LogP contribution >= 0.6 is 15.9 Å². The number of rotatable bonds is 3. The molecule has 0 atom stereocenters. The molecule has 0 aromatic heterocycles. The summed E-state index contributed by atoms with van der Waals surface area (Å²) in [5, 5.41) is 0. The van der Waals surface area contributed by atoms with Crippen LogP contribution in [-0.2, 0) is 0 Å². The van der Waals surface area contributed by atoms with Crippen molar-refractivity contribution in [2.24, 2.45) is 0 Å². The highest BCUT2D eigenvalue weighted by Gasteiger charge is 2.24. The third-order valence-corrected chi connectivity index (χ3v) is 5.28. The molecule has 0 bridgehead atoms. The Morgan fingerprint density at radius 1 is 1.08 bits per heavy atom. The Hall–Kier alpha value is -2.01. The highest BCUT2D eigenvalue weighted by Crippen LogP contribution is 2.25. The van der Waals surface area contributed by atoms with Crippen molar-refractivity contribution < 1.29 is 9.53 Å². The quantitative estimate of drug-likeness (QED) is 0.802. The van der Waals surface area contributed by atoms with Gasteiger partial charge in [-0.25, -0.2) is 0 Å². The molecule has 126 valence electrons. The Morgan fingerprint density at radius 2 is 1.79 bits per heavy atom. The van der Waals surface area contributed by atoms with E-state index in [2.05, 4.69) is 46.0 Å². The number of para-hydroxylation sites is 1. The summed E-state index contributed by atoms with van der Waals surface area (Å²) < 4.78 is 6.43. The largest absolute Gasteiger partial charge is 0.496 e. The van der Waals surface area contributed by atoms with Crippen molar-refractivity contribution in [1.29, 1.82) is 0 Å². The van der Waals surface area contributed by atoms with E-state index in [0.29, 0.717) is 24.4 Å². The van der Waals surface area contributed by atoms with Gasteiger partial charge in [-0.2, -0.15) is 0 Å². The minimum atomic E-state index is 0.0391. The molecule has 0 N–H and O–H groups in total. The van der Waals surface area contributed by atoms with Crippen LogP contribution in [0, 0.1) is 6.92 Å². The molecule has 2 aromatic carbocycles. The number of nitrogens with zero attached hydrogens (tertiary/aromatic N) is 2. The predicted octanol–water partition coefficient (Wildman–Crippen LogP) is 3.73. The molecule has 1 heterocycles. The molecule has 5 heteroatoms. The zero-order chi connectivity index (χ0) is 17.1. The lowest BCUT2D eigenvalue weighted by Crippen LogP contribution is -2.48. The van der Waals surface area contributed by atoms with Gasteiger partial charge < -0.3 is 14.5 Å². The number of anilines is 1. The molecule has 1 aliphatic rings. The molecule has 0 saturated carbocycles. The number of amides is 1. The number of benzene rings is 2. The Kier molecular flexibility index (Phi) is 5.09. The lowest BCUT2D eigenvalue weighted by Gasteiger charge is -2.36. The lowest BCUT2D eigenvalue weighted by atomic mass is 10.1. The fraction of sp³-hybridized carbons (Fsp3) is 0.316. The first-order chi connectivity index (χ1) is 11.6. The van der Waals surface area contributed by atoms with Gasteiger partial charge in [-0.05, 0) is 36.8 Å². The van der Waals surface area contributed by atoms with E-state index in [4.69, 9.17) is 4.74 Å². The van der Waals surface area contributed by atoms with E-state index in [-0.39, 0.29) is 5.91 Å². The summed E-state index contributed by atoms with van der Waals surface area (Å²) >= 11 is 3.59. The van der Waals surface area contributed by atoms with Crippen molar-refractivity contribution in [3.8, 4) is 5.75 Å². The molecule has 1 saturated heterocycles. The zero-order valence-corrected chi connectivity index (χ0v) is 15.5. The number of methoxy groups -OCH3 is 1. The summed E-state index contributed by atoms with van der Waals surface area (Å²) in [4.78, 5) is 17.0. The van der Waals surface area contributed by atoms with Crippen molar-refractivity contribution in [1.82, 2.24) is 4.90 Å². The van der Waals surface area contributed by atoms with Gasteiger partial charge in [-0.1, -0.05) is 34.1 Å². The van der Waals surface area contributed by atoms with Crippen LogP contribution < -0.4 is 9.64 Å². The second-order valence-electron chi connectivity index (χ2n) is 5.91. The maximum Gasteiger partial charge on any atom is 0.257 e. The summed E-state index contributed by atoms with van der Waals surface area (Å²) in [7, 11) is 1.60. The molecule has 0 radical (unpaired) electrons. The van der Waals surface area contributed by atoms with Crippen LogP contribution in [0.3, 0.4) is 0 Å². The first-order valence-corrected chi connectivity index (χ1v) is 8.83. The van der Waals surface area contributed by atoms with Gasteiger partial charge >= 0.3 is 0 Å². The van der Waals surface area contributed by atoms with E-state index < -0.39 is 0 Å². The van der Waals surface area contributed by atoms with Gasteiger partial charge in [0.25, 0.3) is 5.91 Å². The fourth-order valence-electron chi connectivity index (χ4n) is 2.94. The van der Waals surface area contributed by atoms with Gasteiger partial charge in [0.15, 0.2) is 0 Å². The van der Waals surface area contributed by atoms with Gasteiger partial charge in [-0.3, -0.25) is 4.79 Å². The predicted molar refractivity (Wildman–Crippen MR) is 100.0 cm³/mol. The van der Waals surface area contributed by atoms with E-state index in [1.807, 2.05) is 29.2 Å². The van der Waals surface area contributed by atoms with E-state index in [1.54, 1.807) is 7.11 Å². The Balaban J connectivity index is 1.68. The maximum absolute atomic E-state index is 12.7. The molecular formula is C19H21BrN2O2. The molecule has 0 unspecified atom stereocenters. The van der Waals surface area contributed by atoms with E-state index in [9.17, 15) is 4.79 Å². The molecule has 1 fully saturated rings. The Morgan fingerprint density at radius 3 is 2.46 bits per heavy atom. The molecule has 24 heavy (non-hydrogen) atoms. The molecule has 3 rings (SSSR count). The van der Waals surface area contributed by atoms with Crippen LogP contribution in [0.1, 0.15) is 15.9 Å². The summed E-state index contributed by atoms with van der Waals surface area (Å²) in [5.41, 5.74) is 3.05. The van der Waals surface area contributed by atoms with E-state index in [1.165, 1.54) is 11.3 Å². The van der Waals surface area contributed by atoms with Gasteiger partial charge in [0, 0.05) is 36.3 Å². The van der Waals surface area contributed by atoms with Crippen molar-refractivity contribution in [2.75, 3.05) is 38.2 Å². The van der Waals surface area contributed by atoms with Gasteiger partial charge in [0.2, 0.25) is 0 Å². The topological polar surface area (TPSA) is 32.8 Å². The normalized spacial score (nSPS) is 14.6. The average molecular weight is 389 g/mol. The van der Waals surface area contributed by atoms with Crippen LogP contribution in [0.25, 0.3) is 0 Å². The molecule has 4 nitrogen and oxygen atoms in total. The number of aryl methyl sites for hydroxylation is 1. The zero-order valence-electron chi connectivity index (χ0n) is 14.0. The van der Waals surface area contributed by atoms with Gasteiger partial charge in [0.1, 0.15) is 5.75 Å². The second-order valence-corrected chi connectivity index (χ2v) is 6.77. The minimum absolute atomic E-state index is 0.0391. The summed E-state index contributed by atoms with van der Waals surface area (Å²) in [6, 6.07) is 13.8. The Bertz CT molecular complexity index is 740. The fourth-order valence-corrected chi connectivity index (χ4v) is 3.30. The smallest absolute Gasteiger partial charge is 0.257 e. The molecular weight excluding hydrogens is 368 g/mol. The monoisotopic (exact) mass is 388 g/mol. The van der Waals surface area contributed by atoms with Crippen LogP contribution in [0.5, 0.6) is 5.75 Å². The molecule has 2 aromatic rings. The first-order valence-electron chi connectivity index (χ1n) is 8.03. The van der Waals surface area contributed by atoms with Crippen LogP contribution in [0.2, 0.25) is 0 Å². The number of piperazine rings is 1. The van der Waals surface area contributed by atoms with Crippen molar-refractivity contribution in [2.45, 2.75) is 6.92 Å². The van der Waals surface area contributed by atoms with Crippen LogP contribution in [0.15, 0.2) is 46.9 Å². The lowest BCUT2D eigenvalue weighted by molar-refractivity contribution is 0.0743. The van der Waals surface area contributed by atoms with Gasteiger partial charge in [-0.15, -0.1) is 0 Å². The number of halogens is 1. The number of hydrogen-bond acceptors (Lipinski definition) is 3. The van der Waals surface area contributed by atoms with Crippen molar-refractivity contribution in [3.63, 3.8) is 0 Å². The standard InChI is InChI=1S/C19H21BrN2O2/c1-14-7-8-15(13-17(14)20)21-9-11-22(12-10-21)19(23)16-5-3-4-6-18(16)24-2/h3-8,13H,9-12H2,1-2H3. The van der Waals surface area contributed by atoms with Crippen molar-refractivity contribution >= 4 is 27.5 Å². The average Bonchev–Trinajstić information content (AvgIpc) is 2.63. The summed E-state index contributed by atoms with van der Waals surface area (Å²) in [6.07, 6.45) is 0. The third kappa shape index (κ3) is 3.41. The summed E-state index contributed by atoms with van der Waals surface area (Å²) in [5.74, 6) is 0.671. The van der Waals surface area contributed by atoms with Crippen LogP contribution in [-0.4, -0.2) is 44.1 Å². The molecule has 0 spiro atoms. The first kappa shape index (κ1) is 16.8. The molecule has 0 aliphatic carbocycles. The SMILES string of the molecule is COc1ccccc1C(=O)N1CCN(c2ccc(C)c(Br)c2)CC1. The number of ether oxygens (including phenoxy) is 1. The van der Waals surface area contributed by atoms with Gasteiger partial charge in [0.05, 0.1) is 12.7 Å². The molecule has 1 amide bonds. The van der Waals surface area contributed by atoms with E-state index >= 15 is 0 Å². The van der Waals surface area contributed by atoms with Crippen molar-refractivity contribution in [3.05, 3.63) is 58.1 Å². The number of carbonyl (C=O) groups excluding carboxylic acids is 1.